The fraction of sp³-hybridized carbons (Fsp3) is 0.0667. The van der Waals surface area contributed by atoms with Crippen LogP contribution >= 0.6 is 0 Å². The normalized spacial score (nSPS) is 13.6. The molecule has 2 aromatic rings. The van der Waals surface area contributed by atoms with E-state index in [1.54, 1.807) is 0 Å². The molecule has 0 aliphatic heterocycles. The molecule has 0 saturated heterocycles. The minimum absolute atomic E-state index is 0.207. The predicted octanol–water partition coefficient (Wildman–Crippen LogP) is 1.13. The molecule has 0 spiro atoms. The van der Waals surface area contributed by atoms with Crippen molar-refractivity contribution in [1.82, 2.24) is 0 Å². The minimum Gasteiger partial charge on any atom is -0.507 e. The summed E-state index contributed by atoms with van der Waals surface area (Å²) in [7, 11) is -4.60. The van der Waals surface area contributed by atoms with E-state index in [0.29, 0.717) is 0 Å². The number of rotatable bonds is 1. The Bertz CT molecular complexity index is 1050. The van der Waals surface area contributed by atoms with Crippen LogP contribution in [0.5, 0.6) is 17.2 Å². The van der Waals surface area contributed by atoms with E-state index < -0.39 is 55.0 Å². The van der Waals surface area contributed by atoms with Crippen LogP contribution in [-0.2, 0) is 10.1 Å². The third kappa shape index (κ3) is 1.99. The largest absolute Gasteiger partial charge is 0.507 e. The minimum atomic E-state index is -4.60. The highest BCUT2D eigenvalue weighted by Crippen LogP contribution is 2.46. The van der Waals surface area contributed by atoms with E-state index >= 15 is 0 Å². The number of phenols is 3. The Labute approximate surface area is 135 Å². The van der Waals surface area contributed by atoms with Crippen molar-refractivity contribution in [2.75, 3.05) is 0 Å². The summed E-state index contributed by atoms with van der Waals surface area (Å²) in [5, 5.41) is 29.8. The molecule has 0 radical (unpaired) electrons. The van der Waals surface area contributed by atoms with Crippen molar-refractivity contribution in [2.45, 2.75) is 11.8 Å². The van der Waals surface area contributed by atoms with Gasteiger partial charge in [0.05, 0.1) is 16.0 Å². The molecule has 124 valence electrons. The SMILES string of the molecule is Cc1c(O)c(O)c2c(c1O)C(=O)c1cc(S(=O)(=O)O)ccc1C2=O. The van der Waals surface area contributed by atoms with Crippen molar-refractivity contribution < 1.29 is 37.9 Å². The molecule has 0 unspecified atom stereocenters. The lowest BCUT2D eigenvalue weighted by Gasteiger charge is -2.21. The van der Waals surface area contributed by atoms with Gasteiger partial charge in [-0.15, -0.1) is 0 Å². The third-order valence-corrected chi connectivity index (χ3v) is 4.74. The smallest absolute Gasteiger partial charge is 0.294 e. The number of hydrogen-bond acceptors (Lipinski definition) is 7. The molecule has 3 rings (SSSR count). The van der Waals surface area contributed by atoms with Gasteiger partial charge < -0.3 is 15.3 Å². The van der Waals surface area contributed by atoms with Crippen molar-refractivity contribution in [3.63, 3.8) is 0 Å². The molecule has 1 aliphatic carbocycles. The molecule has 0 bridgehead atoms. The van der Waals surface area contributed by atoms with Crippen molar-refractivity contribution in [3.05, 3.63) is 46.0 Å². The Kier molecular flexibility index (Phi) is 3.19. The van der Waals surface area contributed by atoms with Gasteiger partial charge in [0.1, 0.15) is 5.75 Å². The number of aromatic hydroxyl groups is 3. The average molecular weight is 350 g/mol. The molecule has 0 fully saturated rings. The highest BCUT2D eigenvalue weighted by Gasteiger charge is 2.37. The summed E-state index contributed by atoms with van der Waals surface area (Å²) in [6.45, 7) is 1.23. The molecule has 8 nitrogen and oxygen atoms in total. The van der Waals surface area contributed by atoms with Gasteiger partial charge in [-0.2, -0.15) is 8.42 Å². The van der Waals surface area contributed by atoms with Crippen molar-refractivity contribution in [2.24, 2.45) is 0 Å². The zero-order chi connectivity index (χ0) is 18.0. The van der Waals surface area contributed by atoms with Crippen LogP contribution in [0.2, 0.25) is 0 Å². The third-order valence-electron chi connectivity index (χ3n) is 3.89. The maximum absolute atomic E-state index is 12.6. The lowest BCUT2D eigenvalue weighted by molar-refractivity contribution is 0.0973. The van der Waals surface area contributed by atoms with Crippen LogP contribution in [0.3, 0.4) is 0 Å². The van der Waals surface area contributed by atoms with E-state index in [9.17, 15) is 33.3 Å². The predicted molar refractivity (Wildman–Crippen MR) is 79.3 cm³/mol. The molecule has 0 amide bonds. The van der Waals surface area contributed by atoms with Gasteiger partial charge in [-0.1, -0.05) is 0 Å². The highest BCUT2D eigenvalue weighted by molar-refractivity contribution is 7.85. The summed E-state index contributed by atoms with van der Waals surface area (Å²) in [5.74, 6) is -4.05. The van der Waals surface area contributed by atoms with E-state index in [1.807, 2.05) is 0 Å². The first-order chi connectivity index (χ1) is 11.1. The number of carbonyl (C=O) groups excluding carboxylic acids is 2. The molecule has 0 saturated carbocycles. The number of phenolic OH excluding ortho intramolecular Hbond substituents is 3. The summed E-state index contributed by atoms with van der Waals surface area (Å²) in [4.78, 5) is 24.5. The number of fused-ring (bicyclic) bond motifs is 2. The molecular weight excluding hydrogens is 340 g/mol. The van der Waals surface area contributed by atoms with E-state index in [1.165, 1.54) is 6.92 Å². The Morgan fingerprint density at radius 3 is 1.96 bits per heavy atom. The lowest BCUT2D eigenvalue weighted by atomic mass is 9.82. The molecule has 0 heterocycles. The molecule has 0 atom stereocenters. The van der Waals surface area contributed by atoms with Crippen LogP contribution in [0.15, 0.2) is 23.1 Å². The van der Waals surface area contributed by atoms with Gasteiger partial charge in [0.15, 0.2) is 23.1 Å². The van der Waals surface area contributed by atoms with E-state index in [0.717, 1.165) is 18.2 Å². The van der Waals surface area contributed by atoms with Gasteiger partial charge in [0.2, 0.25) is 0 Å². The summed E-state index contributed by atoms with van der Waals surface area (Å²) in [5.41, 5.74) is -1.87. The summed E-state index contributed by atoms with van der Waals surface area (Å²) in [6.07, 6.45) is 0. The van der Waals surface area contributed by atoms with E-state index in [4.69, 9.17) is 4.55 Å². The quantitative estimate of drug-likeness (QED) is 0.290. The first kappa shape index (κ1) is 16.0. The van der Waals surface area contributed by atoms with Crippen LogP contribution in [-0.4, -0.2) is 39.9 Å². The molecule has 0 aromatic heterocycles. The fourth-order valence-electron chi connectivity index (χ4n) is 2.61. The van der Waals surface area contributed by atoms with E-state index in [2.05, 4.69) is 0 Å². The van der Waals surface area contributed by atoms with Crippen LogP contribution in [0.4, 0.5) is 0 Å². The van der Waals surface area contributed by atoms with Crippen LogP contribution in [0.1, 0.15) is 37.4 Å². The standard InChI is InChI=1S/C15H10O8S/c1-5-11(16)9-10(15(20)12(5)17)13(18)7-3-2-6(24(21,22)23)4-8(7)14(9)19/h2-4,16-17,20H,1H3,(H,21,22,23). The number of hydrogen-bond donors (Lipinski definition) is 4. The summed E-state index contributed by atoms with van der Waals surface area (Å²) in [6, 6.07) is 2.75. The lowest BCUT2D eigenvalue weighted by Crippen LogP contribution is -2.22. The Morgan fingerprint density at radius 2 is 1.38 bits per heavy atom. The van der Waals surface area contributed by atoms with Crippen molar-refractivity contribution >= 4 is 21.7 Å². The van der Waals surface area contributed by atoms with Gasteiger partial charge in [0, 0.05) is 16.7 Å². The fourth-order valence-corrected chi connectivity index (χ4v) is 3.12. The summed E-state index contributed by atoms with van der Waals surface area (Å²) >= 11 is 0. The molecule has 24 heavy (non-hydrogen) atoms. The molecule has 2 aromatic carbocycles. The second kappa shape index (κ2) is 4.79. The molecule has 1 aliphatic rings. The van der Waals surface area contributed by atoms with Crippen LogP contribution in [0, 0.1) is 6.92 Å². The Balaban J connectivity index is 2.39. The van der Waals surface area contributed by atoms with Gasteiger partial charge in [-0.25, -0.2) is 0 Å². The Hall–Kier alpha value is -2.91. The Morgan fingerprint density at radius 1 is 0.833 bits per heavy atom. The van der Waals surface area contributed by atoms with Crippen LogP contribution < -0.4 is 0 Å². The molecular formula is C15H10O8S. The topological polar surface area (TPSA) is 149 Å². The zero-order valence-corrected chi connectivity index (χ0v) is 12.9. The first-order valence-corrected chi connectivity index (χ1v) is 7.98. The summed E-state index contributed by atoms with van der Waals surface area (Å²) < 4.78 is 31.5. The van der Waals surface area contributed by atoms with Crippen molar-refractivity contribution in [1.29, 1.82) is 0 Å². The maximum atomic E-state index is 12.6. The van der Waals surface area contributed by atoms with E-state index in [-0.39, 0.29) is 16.7 Å². The average Bonchev–Trinajstić information content (AvgIpc) is 2.52. The number of ketones is 2. The second-order valence-electron chi connectivity index (χ2n) is 5.26. The van der Waals surface area contributed by atoms with Gasteiger partial charge in [-0.3, -0.25) is 14.1 Å². The highest BCUT2D eigenvalue weighted by atomic mass is 32.2. The zero-order valence-electron chi connectivity index (χ0n) is 12.1. The molecule has 9 heteroatoms. The van der Waals surface area contributed by atoms with Crippen molar-refractivity contribution in [3.8, 4) is 17.2 Å². The van der Waals surface area contributed by atoms with Gasteiger partial charge >= 0.3 is 0 Å². The second-order valence-corrected chi connectivity index (χ2v) is 6.68. The van der Waals surface area contributed by atoms with Gasteiger partial charge in [-0.05, 0) is 25.1 Å². The number of benzene rings is 2. The molecule has 4 N–H and O–H groups in total. The first-order valence-electron chi connectivity index (χ1n) is 6.54. The monoisotopic (exact) mass is 350 g/mol. The maximum Gasteiger partial charge on any atom is 0.294 e. The number of carbonyl (C=O) groups is 2. The van der Waals surface area contributed by atoms with Crippen LogP contribution in [0.25, 0.3) is 0 Å². The van der Waals surface area contributed by atoms with Gasteiger partial charge in [0.25, 0.3) is 10.1 Å².